The van der Waals surface area contributed by atoms with Gasteiger partial charge in [0.15, 0.2) is 0 Å². The van der Waals surface area contributed by atoms with Crippen LogP contribution >= 0.6 is 21.6 Å². The van der Waals surface area contributed by atoms with Crippen molar-refractivity contribution in [3.63, 3.8) is 0 Å². The van der Waals surface area contributed by atoms with Gasteiger partial charge in [-0.15, -0.1) is 0 Å². The Hall–Kier alpha value is -0.810. The first kappa shape index (κ1) is 16.6. The molecule has 1 aliphatic heterocycles. The Morgan fingerprint density at radius 2 is 2.19 bits per heavy atom. The van der Waals surface area contributed by atoms with E-state index in [0.29, 0.717) is 11.8 Å². The number of amides is 1. The Morgan fingerprint density at radius 1 is 1.43 bits per heavy atom. The van der Waals surface area contributed by atoms with Crippen LogP contribution in [-0.4, -0.2) is 23.5 Å². The number of carbonyl (C=O) groups is 1. The first-order valence-corrected chi connectivity index (χ1v) is 9.99. The summed E-state index contributed by atoms with van der Waals surface area (Å²) in [5, 5.41) is 3.61. The summed E-state index contributed by atoms with van der Waals surface area (Å²) in [6.07, 6.45) is 4.08. The maximum absolute atomic E-state index is 12.4. The number of hydrogen-bond acceptors (Lipinski definition) is 4. The molecule has 5 heteroatoms. The molecule has 0 bridgehead atoms. The normalized spacial score (nSPS) is 19.4. The zero-order valence-electron chi connectivity index (χ0n) is 12.5. The molecule has 1 heterocycles. The molecular formula is C16H24N2OS2. The van der Waals surface area contributed by atoms with Gasteiger partial charge in [0, 0.05) is 23.2 Å². The maximum Gasteiger partial charge on any atom is 0.224 e. The smallest absolute Gasteiger partial charge is 0.224 e. The third-order valence-corrected chi connectivity index (χ3v) is 6.75. The molecule has 3 N–H and O–H groups in total. The molecule has 21 heavy (non-hydrogen) atoms. The first-order chi connectivity index (χ1) is 10.2. The van der Waals surface area contributed by atoms with Crippen molar-refractivity contribution in [3.05, 3.63) is 29.8 Å². The van der Waals surface area contributed by atoms with Crippen LogP contribution in [0.1, 0.15) is 31.7 Å². The van der Waals surface area contributed by atoms with Crippen LogP contribution in [0.5, 0.6) is 0 Å². The second-order valence-corrected chi connectivity index (χ2v) is 8.15. The van der Waals surface area contributed by atoms with Gasteiger partial charge in [-0.3, -0.25) is 4.79 Å². The van der Waals surface area contributed by atoms with Gasteiger partial charge in [0.25, 0.3) is 0 Å². The highest BCUT2D eigenvalue weighted by Gasteiger charge is 2.30. The van der Waals surface area contributed by atoms with E-state index in [4.69, 9.17) is 5.73 Å². The number of hydrogen-bond donors (Lipinski definition) is 2. The predicted molar refractivity (Wildman–Crippen MR) is 94.4 cm³/mol. The van der Waals surface area contributed by atoms with Crippen LogP contribution in [0.3, 0.4) is 0 Å². The molecule has 1 aromatic rings. The Labute approximate surface area is 135 Å². The van der Waals surface area contributed by atoms with Crippen LogP contribution in [0.15, 0.2) is 24.3 Å². The quantitative estimate of drug-likeness (QED) is 0.595. The number of nitrogen functional groups attached to an aromatic ring is 1. The summed E-state index contributed by atoms with van der Waals surface area (Å²) in [6, 6.07) is 7.86. The Bertz CT molecular complexity index is 444. The maximum atomic E-state index is 12.4. The van der Waals surface area contributed by atoms with E-state index in [-0.39, 0.29) is 11.8 Å². The predicted octanol–water partition coefficient (Wildman–Crippen LogP) is 3.50. The Balaban J connectivity index is 1.79. The highest BCUT2D eigenvalue weighted by Crippen LogP contribution is 2.42. The number of rotatable bonds is 7. The molecule has 0 saturated carbocycles. The van der Waals surface area contributed by atoms with Crippen molar-refractivity contribution < 1.29 is 4.79 Å². The van der Waals surface area contributed by atoms with Crippen molar-refractivity contribution in [3.8, 4) is 0 Å². The minimum absolute atomic E-state index is 0.168. The average molecular weight is 325 g/mol. The molecule has 0 spiro atoms. The van der Waals surface area contributed by atoms with Gasteiger partial charge in [-0.05, 0) is 37.0 Å². The number of benzene rings is 1. The standard InChI is InChI=1S/C16H24N2OS2/c1-2-3-14(15-9-11-20-21-15)16(19)18-10-8-12-4-6-13(17)7-5-12/h4-7,14-15H,2-3,8-11,17H2,1H3,(H,18,19). The van der Waals surface area contributed by atoms with Gasteiger partial charge in [-0.2, -0.15) is 0 Å². The molecule has 1 amide bonds. The highest BCUT2D eigenvalue weighted by atomic mass is 33.1. The van der Waals surface area contributed by atoms with Crippen molar-refractivity contribution >= 4 is 33.2 Å². The summed E-state index contributed by atoms with van der Waals surface area (Å²) in [4.78, 5) is 12.4. The summed E-state index contributed by atoms with van der Waals surface area (Å²) < 4.78 is 0. The molecule has 116 valence electrons. The molecule has 0 aliphatic carbocycles. The number of anilines is 1. The van der Waals surface area contributed by atoms with Gasteiger partial charge >= 0.3 is 0 Å². The molecular weight excluding hydrogens is 300 g/mol. The van der Waals surface area contributed by atoms with Crippen molar-refractivity contribution in [2.45, 2.75) is 37.9 Å². The molecule has 3 nitrogen and oxygen atoms in total. The number of nitrogens with one attached hydrogen (secondary N) is 1. The number of carbonyl (C=O) groups excluding carboxylic acids is 1. The molecule has 1 fully saturated rings. The Morgan fingerprint density at radius 3 is 2.81 bits per heavy atom. The third kappa shape index (κ3) is 5.15. The van der Waals surface area contributed by atoms with E-state index < -0.39 is 0 Å². The molecule has 2 atom stereocenters. The largest absolute Gasteiger partial charge is 0.399 e. The fourth-order valence-electron chi connectivity index (χ4n) is 2.56. The van der Waals surface area contributed by atoms with Crippen LogP contribution in [0.2, 0.25) is 0 Å². The van der Waals surface area contributed by atoms with E-state index in [2.05, 4.69) is 12.2 Å². The van der Waals surface area contributed by atoms with Gasteiger partial charge in [-0.1, -0.05) is 47.1 Å². The molecule has 1 aliphatic rings. The van der Waals surface area contributed by atoms with Gasteiger partial charge in [0.2, 0.25) is 5.91 Å². The summed E-state index contributed by atoms with van der Waals surface area (Å²) in [6.45, 7) is 2.86. The SMILES string of the molecule is CCCC(C(=O)NCCc1ccc(N)cc1)C1CCSS1. The van der Waals surface area contributed by atoms with E-state index in [1.54, 1.807) is 0 Å². The zero-order chi connectivity index (χ0) is 15.1. The lowest BCUT2D eigenvalue weighted by molar-refractivity contribution is -0.125. The lowest BCUT2D eigenvalue weighted by atomic mass is 9.96. The van der Waals surface area contributed by atoms with Crippen molar-refractivity contribution in [2.75, 3.05) is 18.0 Å². The fourth-order valence-corrected chi connectivity index (χ4v) is 5.73. The van der Waals surface area contributed by atoms with Crippen LogP contribution in [0.4, 0.5) is 5.69 Å². The van der Waals surface area contributed by atoms with E-state index in [1.807, 2.05) is 45.9 Å². The van der Waals surface area contributed by atoms with E-state index in [9.17, 15) is 4.79 Å². The molecule has 1 saturated heterocycles. The molecule has 0 aromatic heterocycles. The lowest BCUT2D eigenvalue weighted by Crippen LogP contribution is -2.36. The summed E-state index contributed by atoms with van der Waals surface area (Å²) in [5.41, 5.74) is 7.66. The molecule has 1 aromatic carbocycles. The van der Waals surface area contributed by atoms with Gasteiger partial charge in [0.05, 0.1) is 5.92 Å². The zero-order valence-corrected chi connectivity index (χ0v) is 14.1. The topological polar surface area (TPSA) is 55.1 Å². The van der Waals surface area contributed by atoms with E-state index in [1.165, 1.54) is 11.3 Å². The molecule has 0 radical (unpaired) electrons. The van der Waals surface area contributed by atoms with Crippen LogP contribution in [-0.2, 0) is 11.2 Å². The van der Waals surface area contributed by atoms with E-state index in [0.717, 1.165) is 31.4 Å². The average Bonchev–Trinajstić information content (AvgIpc) is 3.00. The van der Waals surface area contributed by atoms with Crippen LogP contribution < -0.4 is 11.1 Å². The minimum atomic E-state index is 0.168. The van der Waals surface area contributed by atoms with Crippen molar-refractivity contribution in [2.24, 2.45) is 5.92 Å². The van der Waals surface area contributed by atoms with Gasteiger partial charge in [0.1, 0.15) is 0 Å². The monoisotopic (exact) mass is 324 g/mol. The first-order valence-electron chi connectivity index (χ1n) is 7.61. The highest BCUT2D eigenvalue weighted by molar-refractivity contribution is 8.77. The van der Waals surface area contributed by atoms with Gasteiger partial charge < -0.3 is 11.1 Å². The van der Waals surface area contributed by atoms with Crippen molar-refractivity contribution in [1.29, 1.82) is 0 Å². The third-order valence-electron chi connectivity index (χ3n) is 3.76. The Kier molecular flexibility index (Phi) is 6.77. The summed E-state index contributed by atoms with van der Waals surface area (Å²) in [5.74, 6) is 1.57. The summed E-state index contributed by atoms with van der Waals surface area (Å²) >= 11 is 0. The van der Waals surface area contributed by atoms with Crippen molar-refractivity contribution in [1.82, 2.24) is 5.32 Å². The second-order valence-electron chi connectivity index (χ2n) is 5.42. The molecule has 2 unspecified atom stereocenters. The number of nitrogens with two attached hydrogens (primary N) is 1. The minimum Gasteiger partial charge on any atom is -0.399 e. The van der Waals surface area contributed by atoms with Crippen LogP contribution in [0.25, 0.3) is 0 Å². The van der Waals surface area contributed by atoms with Crippen LogP contribution in [0, 0.1) is 5.92 Å². The van der Waals surface area contributed by atoms with E-state index >= 15 is 0 Å². The van der Waals surface area contributed by atoms with Gasteiger partial charge in [-0.25, -0.2) is 0 Å². The fraction of sp³-hybridized carbons (Fsp3) is 0.562. The lowest BCUT2D eigenvalue weighted by Gasteiger charge is -2.21. The molecule has 2 rings (SSSR count). The second kappa shape index (κ2) is 8.59. The summed E-state index contributed by atoms with van der Waals surface area (Å²) in [7, 11) is 3.79.